The van der Waals surface area contributed by atoms with E-state index in [9.17, 15) is 13.2 Å². The van der Waals surface area contributed by atoms with Gasteiger partial charge in [0.05, 0.1) is 9.92 Å². The molecule has 0 spiro atoms. The maximum absolute atomic E-state index is 12.9. The third kappa shape index (κ3) is 4.11. The lowest BCUT2D eigenvalue weighted by Crippen LogP contribution is -2.50. The zero-order valence-electron chi connectivity index (χ0n) is 14.9. The van der Waals surface area contributed by atoms with Crippen LogP contribution in [-0.4, -0.2) is 54.7 Å². The normalized spacial score (nSPS) is 15.8. The first kappa shape index (κ1) is 20.1. The predicted octanol–water partition coefficient (Wildman–Crippen LogP) is 3.15. The van der Waals surface area contributed by atoms with E-state index in [1.807, 2.05) is 13.0 Å². The van der Waals surface area contributed by atoms with E-state index in [-0.39, 0.29) is 48.0 Å². The van der Waals surface area contributed by atoms with E-state index in [0.29, 0.717) is 10.5 Å². The lowest BCUT2D eigenvalue weighted by molar-refractivity contribution is 0.0692. The Hall–Kier alpha value is -1.67. The van der Waals surface area contributed by atoms with E-state index in [1.54, 1.807) is 24.0 Å². The maximum Gasteiger partial charge on any atom is 0.274 e. The fourth-order valence-electron chi connectivity index (χ4n) is 3.08. The Bertz CT molecular complexity index is 987. The third-order valence-corrected chi connectivity index (χ3v) is 7.06. The summed E-state index contributed by atoms with van der Waals surface area (Å²) in [6.07, 6.45) is 0. The molecular weight excluding hydrogens is 409 g/mol. The summed E-state index contributed by atoms with van der Waals surface area (Å²) < 4.78 is 27.3. The van der Waals surface area contributed by atoms with Crippen molar-refractivity contribution in [3.63, 3.8) is 0 Å². The van der Waals surface area contributed by atoms with Crippen molar-refractivity contribution in [1.29, 1.82) is 0 Å². The molecule has 1 aromatic heterocycles. The summed E-state index contributed by atoms with van der Waals surface area (Å²) in [4.78, 5) is 18.5. The van der Waals surface area contributed by atoms with Gasteiger partial charge in [0, 0.05) is 26.2 Å². The molecule has 27 heavy (non-hydrogen) atoms. The van der Waals surface area contributed by atoms with Crippen molar-refractivity contribution >= 4 is 39.1 Å². The topological polar surface area (TPSA) is 70.6 Å². The lowest BCUT2D eigenvalue weighted by atomic mass is 10.2. The van der Waals surface area contributed by atoms with Gasteiger partial charge in [-0.2, -0.15) is 4.31 Å². The van der Waals surface area contributed by atoms with Crippen molar-refractivity contribution in [3.05, 3.63) is 57.3 Å². The fourth-order valence-corrected chi connectivity index (χ4v) is 5.04. The number of pyridine rings is 1. The Balaban J connectivity index is 1.75. The van der Waals surface area contributed by atoms with Crippen LogP contribution in [-0.2, 0) is 10.0 Å². The molecule has 2 heterocycles. The number of aromatic nitrogens is 1. The second kappa shape index (κ2) is 7.75. The minimum atomic E-state index is -3.61. The van der Waals surface area contributed by atoms with E-state index in [2.05, 4.69) is 4.98 Å². The van der Waals surface area contributed by atoms with Gasteiger partial charge in [-0.05, 0) is 37.6 Å². The highest BCUT2D eigenvalue weighted by Crippen LogP contribution is 2.23. The minimum absolute atomic E-state index is 0.0786. The summed E-state index contributed by atoms with van der Waals surface area (Å²) in [6.45, 7) is 4.63. The molecule has 0 aliphatic carbocycles. The quantitative estimate of drug-likeness (QED) is 0.705. The van der Waals surface area contributed by atoms with E-state index in [0.717, 1.165) is 5.56 Å². The van der Waals surface area contributed by atoms with Crippen LogP contribution in [0, 0.1) is 13.8 Å². The number of nitrogens with zero attached hydrogens (tertiary/aromatic N) is 3. The SMILES string of the molecule is Cc1ccc(S(=O)(=O)N2CCN(C(=O)c3nc(Cl)ccc3Cl)CC2)c(C)c1. The minimum Gasteiger partial charge on any atom is -0.335 e. The molecule has 1 fully saturated rings. The van der Waals surface area contributed by atoms with E-state index in [4.69, 9.17) is 23.2 Å². The van der Waals surface area contributed by atoms with Crippen LogP contribution in [0.15, 0.2) is 35.2 Å². The van der Waals surface area contributed by atoms with Crippen molar-refractivity contribution < 1.29 is 13.2 Å². The van der Waals surface area contributed by atoms with Gasteiger partial charge >= 0.3 is 0 Å². The van der Waals surface area contributed by atoms with Crippen LogP contribution in [0.5, 0.6) is 0 Å². The molecular formula is C18H19Cl2N3O3S. The van der Waals surface area contributed by atoms with Gasteiger partial charge in [-0.25, -0.2) is 13.4 Å². The van der Waals surface area contributed by atoms with Gasteiger partial charge in [0.2, 0.25) is 10.0 Å². The number of piperazine rings is 1. The van der Waals surface area contributed by atoms with Crippen molar-refractivity contribution in [1.82, 2.24) is 14.2 Å². The molecule has 2 aromatic rings. The zero-order valence-corrected chi connectivity index (χ0v) is 17.3. The summed E-state index contributed by atoms with van der Waals surface area (Å²) in [7, 11) is -3.61. The molecule has 0 atom stereocenters. The third-order valence-electron chi connectivity index (χ3n) is 4.49. The first-order valence-corrected chi connectivity index (χ1v) is 10.6. The van der Waals surface area contributed by atoms with Crippen molar-refractivity contribution in [2.75, 3.05) is 26.2 Å². The van der Waals surface area contributed by atoms with Crippen LogP contribution in [0.25, 0.3) is 0 Å². The molecule has 0 bridgehead atoms. The number of benzene rings is 1. The van der Waals surface area contributed by atoms with Crippen LogP contribution in [0.4, 0.5) is 0 Å². The molecule has 9 heteroatoms. The van der Waals surface area contributed by atoms with Gasteiger partial charge in [-0.15, -0.1) is 0 Å². The number of carbonyl (C=O) groups is 1. The smallest absolute Gasteiger partial charge is 0.274 e. The number of halogens is 2. The molecule has 0 unspecified atom stereocenters. The van der Waals surface area contributed by atoms with Gasteiger partial charge in [0.25, 0.3) is 5.91 Å². The van der Waals surface area contributed by atoms with Gasteiger partial charge in [0.15, 0.2) is 0 Å². The summed E-state index contributed by atoms with van der Waals surface area (Å²) in [5.41, 5.74) is 1.80. The molecule has 3 rings (SSSR count). The summed E-state index contributed by atoms with van der Waals surface area (Å²) >= 11 is 11.9. The van der Waals surface area contributed by atoms with Crippen LogP contribution < -0.4 is 0 Å². The largest absolute Gasteiger partial charge is 0.335 e. The number of hydrogen-bond donors (Lipinski definition) is 0. The molecule has 1 aromatic carbocycles. The summed E-state index contributed by atoms with van der Waals surface area (Å²) in [6, 6.07) is 8.29. The average molecular weight is 428 g/mol. The number of carbonyl (C=O) groups excluding carboxylic acids is 1. The van der Waals surface area contributed by atoms with Gasteiger partial charge < -0.3 is 4.90 Å². The van der Waals surface area contributed by atoms with E-state index in [1.165, 1.54) is 16.4 Å². The first-order chi connectivity index (χ1) is 12.7. The number of hydrogen-bond acceptors (Lipinski definition) is 4. The second-order valence-corrected chi connectivity index (χ2v) is 9.13. The van der Waals surface area contributed by atoms with Crippen molar-refractivity contribution in [2.24, 2.45) is 0 Å². The number of aryl methyl sites for hydroxylation is 2. The highest BCUT2D eigenvalue weighted by Gasteiger charge is 2.32. The standard InChI is InChI=1S/C18H19Cl2N3O3S/c1-12-3-5-15(13(2)11-12)27(25,26)23-9-7-22(8-10-23)18(24)17-14(19)4-6-16(20)21-17/h3-6,11H,7-10H2,1-2H3. The molecule has 144 valence electrons. The molecule has 0 N–H and O–H groups in total. The van der Waals surface area contributed by atoms with Gasteiger partial charge in [-0.1, -0.05) is 40.9 Å². The Labute approximate surface area is 168 Å². The van der Waals surface area contributed by atoms with E-state index >= 15 is 0 Å². The predicted molar refractivity (Wildman–Crippen MR) is 105 cm³/mol. The van der Waals surface area contributed by atoms with Crippen LogP contribution in [0.3, 0.4) is 0 Å². The molecule has 1 saturated heterocycles. The Morgan fingerprint density at radius 3 is 2.33 bits per heavy atom. The van der Waals surface area contributed by atoms with Gasteiger partial charge in [-0.3, -0.25) is 4.79 Å². The van der Waals surface area contributed by atoms with E-state index < -0.39 is 10.0 Å². The number of rotatable bonds is 3. The van der Waals surface area contributed by atoms with Crippen LogP contribution in [0.1, 0.15) is 21.6 Å². The Kier molecular flexibility index (Phi) is 5.76. The molecule has 0 saturated carbocycles. The molecule has 6 nitrogen and oxygen atoms in total. The maximum atomic E-state index is 12.9. The van der Waals surface area contributed by atoms with Crippen LogP contribution in [0.2, 0.25) is 10.2 Å². The van der Waals surface area contributed by atoms with Gasteiger partial charge in [0.1, 0.15) is 10.8 Å². The summed E-state index contributed by atoms with van der Waals surface area (Å²) in [5.74, 6) is -0.355. The first-order valence-electron chi connectivity index (χ1n) is 8.39. The average Bonchev–Trinajstić information content (AvgIpc) is 2.63. The zero-order chi connectivity index (χ0) is 19.8. The summed E-state index contributed by atoms with van der Waals surface area (Å²) in [5, 5.41) is 0.397. The molecule has 1 amide bonds. The monoisotopic (exact) mass is 427 g/mol. The molecule has 1 aliphatic heterocycles. The highest BCUT2D eigenvalue weighted by atomic mass is 35.5. The Morgan fingerprint density at radius 1 is 1.04 bits per heavy atom. The molecule has 0 radical (unpaired) electrons. The Morgan fingerprint density at radius 2 is 1.70 bits per heavy atom. The van der Waals surface area contributed by atoms with Crippen LogP contribution >= 0.6 is 23.2 Å². The van der Waals surface area contributed by atoms with Crippen molar-refractivity contribution in [2.45, 2.75) is 18.7 Å². The number of sulfonamides is 1. The highest BCUT2D eigenvalue weighted by molar-refractivity contribution is 7.89. The lowest BCUT2D eigenvalue weighted by Gasteiger charge is -2.34. The fraction of sp³-hybridized carbons (Fsp3) is 0.333. The van der Waals surface area contributed by atoms with Crippen molar-refractivity contribution in [3.8, 4) is 0 Å². The second-order valence-electron chi connectivity index (χ2n) is 6.43. The number of amides is 1. The molecule has 1 aliphatic rings.